The fraction of sp³-hybridized carbons (Fsp3) is 0.267. The van der Waals surface area contributed by atoms with Gasteiger partial charge in [-0.15, -0.1) is 0 Å². The number of nitrogens with one attached hydrogen (secondary N) is 1. The third kappa shape index (κ3) is 3.78. The molecule has 0 saturated heterocycles. The van der Waals surface area contributed by atoms with Crippen LogP contribution in [0, 0.1) is 0 Å². The van der Waals surface area contributed by atoms with E-state index in [9.17, 15) is 4.79 Å². The summed E-state index contributed by atoms with van der Waals surface area (Å²) in [4.78, 5) is 11.6. The minimum absolute atomic E-state index is 0.0122. The molecule has 2 rings (SSSR count). The third-order valence-electron chi connectivity index (χ3n) is 2.94. The van der Waals surface area contributed by atoms with Gasteiger partial charge in [-0.25, -0.2) is 0 Å². The monoisotopic (exact) mass is 310 g/mol. The van der Waals surface area contributed by atoms with Crippen LogP contribution < -0.4 is 10.9 Å². The lowest BCUT2D eigenvalue weighted by Crippen LogP contribution is -2.18. The van der Waals surface area contributed by atoms with Crippen molar-refractivity contribution in [2.75, 3.05) is 5.32 Å². The van der Waals surface area contributed by atoms with Crippen molar-refractivity contribution in [2.45, 2.75) is 26.4 Å². The molecule has 1 aromatic carbocycles. The SMILES string of the molecule is CCCn1cc(NCc2cc(Cl)ccc2Cl)ccc1=O. The standard InChI is InChI=1S/C15H16Cl2N2O/c1-2-7-19-10-13(4-6-15(19)20)18-9-11-8-12(16)3-5-14(11)17/h3-6,8,10,18H,2,7,9H2,1H3. The van der Waals surface area contributed by atoms with E-state index in [1.807, 2.05) is 19.2 Å². The summed E-state index contributed by atoms with van der Waals surface area (Å²) in [6, 6.07) is 8.71. The van der Waals surface area contributed by atoms with Gasteiger partial charge in [0, 0.05) is 35.4 Å². The molecule has 20 heavy (non-hydrogen) atoms. The van der Waals surface area contributed by atoms with Crippen LogP contribution in [0.5, 0.6) is 0 Å². The molecule has 0 aliphatic rings. The molecule has 0 saturated carbocycles. The van der Waals surface area contributed by atoms with Crippen LogP contribution in [0.4, 0.5) is 5.69 Å². The predicted octanol–water partition coefficient (Wildman–Crippen LogP) is 4.18. The van der Waals surface area contributed by atoms with Gasteiger partial charge in [-0.2, -0.15) is 0 Å². The maximum absolute atomic E-state index is 11.6. The summed E-state index contributed by atoms with van der Waals surface area (Å²) >= 11 is 12.1. The largest absolute Gasteiger partial charge is 0.380 e. The molecule has 0 radical (unpaired) electrons. The zero-order valence-electron chi connectivity index (χ0n) is 11.2. The quantitative estimate of drug-likeness (QED) is 0.899. The Morgan fingerprint density at radius 1 is 1.20 bits per heavy atom. The van der Waals surface area contributed by atoms with E-state index in [4.69, 9.17) is 23.2 Å². The van der Waals surface area contributed by atoms with Crippen molar-refractivity contribution in [1.82, 2.24) is 4.57 Å². The Morgan fingerprint density at radius 2 is 2.00 bits per heavy atom. The van der Waals surface area contributed by atoms with Crippen LogP contribution in [-0.2, 0) is 13.1 Å². The van der Waals surface area contributed by atoms with E-state index in [2.05, 4.69) is 5.32 Å². The minimum Gasteiger partial charge on any atom is -0.380 e. The van der Waals surface area contributed by atoms with Gasteiger partial charge >= 0.3 is 0 Å². The number of aromatic nitrogens is 1. The molecule has 2 aromatic rings. The summed E-state index contributed by atoms with van der Waals surface area (Å²) in [5.41, 5.74) is 1.82. The van der Waals surface area contributed by atoms with Crippen molar-refractivity contribution in [1.29, 1.82) is 0 Å². The lowest BCUT2D eigenvalue weighted by atomic mass is 10.2. The fourth-order valence-electron chi connectivity index (χ4n) is 1.93. The highest BCUT2D eigenvalue weighted by molar-refractivity contribution is 6.33. The second-order valence-electron chi connectivity index (χ2n) is 4.54. The molecule has 3 nitrogen and oxygen atoms in total. The Morgan fingerprint density at radius 3 is 2.75 bits per heavy atom. The molecule has 0 amide bonds. The summed E-state index contributed by atoms with van der Waals surface area (Å²) in [6.45, 7) is 3.31. The number of hydrogen-bond donors (Lipinski definition) is 1. The predicted molar refractivity (Wildman–Crippen MR) is 84.8 cm³/mol. The van der Waals surface area contributed by atoms with Gasteiger partial charge in [-0.05, 0) is 36.2 Å². The summed E-state index contributed by atoms with van der Waals surface area (Å²) < 4.78 is 1.70. The van der Waals surface area contributed by atoms with E-state index in [1.54, 1.807) is 28.8 Å². The average Bonchev–Trinajstić information content (AvgIpc) is 2.43. The van der Waals surface area contributed by atoms with E-state index in [0.29, 0.717) is 23.1 Å². The van der Waals surface area contributed by atoms with Gasteiger partial charge in [0.25, 0.3) is 5.56 Å². The second-order valence-corrected chi connectivity index (χ2v) is 5.38. The summed E-state index contributed by atoms with van der Waals surface area (Å²) in [5.74, 6) is 0. The molecule has 1 heterocycles. The van der Waals surface area contributed by atoms with Crippen molar-refractivity contribution in [3.8, 4) is 0 Å². The Kier molecular flexibility index (Phi) is 5.10. The Labute approximate surface area is 128 Å². The highest BCUT2D eigenvalue weighted by atomic mass is 35.5. The van der Waals surface area contributed by atoms with Gasteiger partial charge in [-0.3, -0.25) is 4.79 Å². The number of rotatable bonds is 5. The Bertz CT molecular complexity index is 653. The van der Waals surface area contributed by atoms with E-state index in [0.717, 1.165) is 17.7 Å². The molecule has 0 spiro atoms. The van der Waals surface area contributed by atoms with Crippen molar-refractivity contribution in [3.05, 3.63) is 62.5 Å². The molecule has 1 aromatic heterocycles. The number of nitrogens with zero attached hydrogens (tertiary/aromatic N) is 1. The molecule has 0 atom stereocenters. The number of anilines is 1. The molecule has 106 valence electrons. The normalized spacial score (nSPS) is 10.6. The average molecular weight is 311 g/mol. The van der Waals surface area contributed by atoms with Crippen molar-refractivity contribution >= 4 is 28.9 Å². The van der Waals surface area contributed by atoms with Crippen LogP contribution in [0.15, 0.2) is 41.3 Å². The first-order valence-corrected chi connectivity index (χ1v) is 7.24. The van der Waals surface area contributed by atoms with E-state index >= 15 is 0 Å². The first-order chi connectivity index (χ1) is 9.60. The summed E-state index contributed by atoms with van der Waals surface area (Å²) in [6.07, 6.45) is 2.74. The van der Waals surface area contributed by atoms with Crippen LogP contribution in [0.25, 0.3) is 0 Å². The van der Waals surface area contributed by atoms with Crippen LogP contribution in [0.3, 0.4) is 0 Å². The molecule has 0 aliphatic carbocycles. The number of aryl methyl sites for hydroxylation is 1. The molecule has 5 heteroatoms. The van der Waals surface area contributed by atoms with Crippen molar-refractivity contribution in [2.24, 2.45) is 0 Å². The highest BCUT2D eigenvalue weighted by Gasteiger charge is 2.02. The minimum atomic E-state index is 0.0122. The third-order valence-corrected chi connectivity index (χ3v) is 3.54. The van der Waals surface area contributed by atoms with Gasteiger partial charge < -0.3 is 9.88 Å². The number of benzene rings is 1. The molecule has 0 bridgehead atoms. The maximum atomic E-state index is 11.6. The second kappa shape index (κ2) is 6.82. The summed E-state index contributed by atoms with van der Waals surface area (Å²) in [7, 11) is 0. The van der Waals surface area contributed by atoms with Crippen LogP contribution in [0.1, 0.15) is 18.9 Å². The van der Waals surface area contributed by atoms with E-state index in [1.165, 1.54) is 0 Å². The van der Waals surface area contributed by atoms with Gasteiger partial charge in [0.05, 0.1) is 5.69 Å². The molecule has 0 fully saturated rings. The van der Waals surface area contributed by atoms with E-state index in [-0.39, 0.29) is 5.56 Å². The molecule has 0 unspecified atom stereocenters. The van der Waals surface area contributed by atoms with Crippen LogP contribution >= 0.6 is 23.2 Å². The fourth-order valence-corrected chi connectivity index (χ4v) is 2.31. The highest BCUT2D eigenvalue weighted by Crippen LogP contribution is 2.21. The van der Waals surface area contributed by atoms with Gasteiger partial charge in [-0.1, -0.05) is 30.1 Å². The smallest absolute Gasteiger partial charge is 0.250 e. The Balaban J connectivity index is 2.12. The van der Waals surface area contributed by atoms with Gasteiger partial charge in [0.15, 0.2) is 0 Å². The Hall–Kier alpha value is -1.45. The topological polar surface area (TPSA) is 34.0 Å². The van der Waals surface area contributed by atoms with Crippen molar-refractivity contribution in [3.63, 3.8) is 0 Å². The van der Waals surface area contributed by atoms with Crippen LogP contribution in [0.2, 0.25) is 10.0 Å². The number of pyridine rings is 1. The summed E-state index contributed by atoms with van der Waals surface area (Å²) in [5, 5.41) is 4.58. The number of hydrogen-bond acceptors (Lipinski definition) is 2. The van der Waals surface area contributed by atoms with E-state index < -0.39 is 0 Å². The zero-order chi connectivity index (χ0) is 14.5. The first kappa shape index (κ1) is 14.9. The molecular weight excluding hydrogens is 295 g/mol. The zero-order valence-corrected chi connectivity index (χ0v) is 12.7. The van der Waals surface area contributed by atoms with Crippen molar-refractivity contribution < 1.29 is 0 Å². The molecule has 0 aliphatic heterocycles. The lowest BCUT2D eigenvalue weighted by molar-refractivity contribution is 0.655. The van der Waals surface area contributed by atoms with Crippen LogP contribution in [-0.4, -0.2) is 4.57 Å². The number of halogens is 2. The molecular formula is C15H16Cl2N2O. The van der Waals surface area contributed by atoms with Gasteiger partial charge in [0.2, 0.25) is 0 Å². The van der Waals surface area contributed by atoms with Gasteiger partial charge in [0.1, 0.15) is 0 Å². The lowest BCUT2D eigenvalue weighted by Gasteiger charge is -2.11. The maximum Gasteiger partial charge on any atom is 0.250 e. The first-order valence-electron chi connectivity index (χ1n) is 6.48. The molecule has 1 N–H and O–H groups in total.